The summed E-state index contributed by atoms with van der Waals surface area (Å²) in [5, 5.41) is 1.20. The summed E-state index contributed by atoms with van der Waals surface area (Å²) in [7, 11) is 0. The molecule has 0 aliphatic heterocycles. The van der Waals surface area contributed by atoms with Gasteiger partial charge in [0.05, 0.1) is 4.83 Å². The molecule has 18 heavy (non-hydrogen) atoms. The van der Waals surface area contributed by atoms with Gasteiger partial charge in [-0.3, -0.25) is 0 Å². The number of rotatable bonds is 2. The highest BCUT2D eigenvalue weighted by Gasteiger charge is 2.15. The zero-order valence-corrected chi connectivity index (χ0v) is 12.7. The van der Waals surface area contributed by atoms with Crippen LogP contribution in [-0.4, -0.2) is 0 Å². The normalized spacial score (nSPS) is 12.5. The standard InChI is InChI=1S/C14H10BrCl2F/c1-8-2-3-9(6-13(8)18)14(15)11-7-10(16)4-5-12(11)17/h2-7,14H,1H3. The molecule has 0 bridgehead atoms. The first kappa shape index (κ1) is 13.9. The van der Waals surface area contributed by atoms with Crippen LogP contribution in [0.4, 0.5) is 4.39 Å². The zero-order valence-electron chi connectivity index (χ0n) is 9.55. The molecule has 94 valence electrons. The van der Waals surface area contributed by atoms with Crippen molar-refractivity contribution in [2.24, 2.45) is 0 Å². The first-order chi connectivity index (χ1) is 8.49. The second kappa shape index (κ2) is 5.60. The Balaban J connectivity index is 2.44. The zero-order chi connectivity index (χ0) is 13.3. The molecule has 0 heterocycles. The van der Waals surface area contributed by atoms with Crippen molar-refractivity contribution in [1.29, 1.82) is 0 Å². The van der Waals surface area contributed by atoms with Gasteiger partial charge in [0, 0.05) is 10.0 Å². The number of aryl methyl sites for hydroxylation is 1. The molecule has 0 saturated heterocycles. The molecule has 0 aromatic heterocycles. The first-order valence-corrected chi connectivity index (χ1v) is 7.01. The largest absolute Gasteiger partial charge is 0.207 e. The molecule has 0 nitrogen and oxygen atoms in total. The molecule has 2 aromatic rings. The molecule has 4 heteroatoms. The topological polar surface area (TPSA) is 0 Å². The van der Waals surface area contributed by atoms with Gasteiger partial charge in [0.25, 0.3) is 0 Å². The maximum absolute atomic E-state index is 13.6. The molecule has 1 unspecified atom stereocenters. The summed E-state index contributed by atoms with van der Waals surface area (Å²) in [6, 6.07) is 10.4. The number of benzene rings is 2. The van der Waals surface area contributed by atoms with Crippen LogP contribution in [0.25, 0.3) is 0 Å². The van der Waals surface area contributed by atoms with Crippen molar-refractivity contribution in [3.05, 3.63) is 69.0 Å². The van der Waals surface area contributed by atoms with Crippen LogP contribution in [0.3, 0.4) is 0 Å². The monoisotopic (exact) mass is 346 g/mol. The molecule has 2 rings (SSSR count). The van der Waals surface area contributed by atoms with Crippen molar-refractivity contribution >= 4 is 39.1 Å². The van der Waals surface area contributed by atoms with E-state index in [1.54, 1.807) is 31.2 Å². The fourth-order valence-corrected chi connectivity index (χ4v) is 2.86. The highest BCUT2D eigenvalue weighted by molar-refractivity contribution is 9.09. The van der Waals surface area contributed by atoms with Gasteiger partial charge in [-0.05, 0) is 47.9 Å². The number of alkyl halides is 1. The number of hydrogen-bond acceptors (Lipinski definition) is 0. The molecule has 0 N–H and O–H groups in total. The third kappa shape index (κ3) is 2.87. The van der Waals surface area contributed by atoms with Crippen LogP contribution in [0.1, 0.15) is 21.5 Å². The quantitative estimate of drug-likeness (QED) is 0.591. The Kier molecular flexibility index (Phi) is 4.31. The minimum absolute atomic E-state index is 0.182. The van der Waals surface area contributed by atoms with E-state index in [9.17, 15) is 4.39 Å². The average molecular weight is 348 g/mol. The molecular formula is C14H10BrCl2F. The number of halogens is 4. The summed E-state index contributed by atoms with van der Waals surface area (Å²) in [4.78, 5) is -0.182. The second-order valence-electron chi connectivity index (χ2n) is 4.04. The highest BCUT2D eigenvalue weighted by atomic mass is 79.9. The molecular weight excluding hydrogens is 338 g/mol. The summed E-state index contributed by atoms with van der Waals surface area (Å²) in [5.74, 6) is -0.227. The predicted octanol–water partition coefficient (Wildman–Crippen LogP) is 5.93. The summed E-state index contributed by atoms with van der Waals surface area (Å²) >= 11 is 15.6. The SMILES string of the molecule is Cc1ccc(C(Br)c2cc(Cl)ccc2Cl)cc1F. The van der Waals surface area contributed by atoms with Crippen molar-refractivity contribution in [2.75, 3.05) is 0 Å². The van der Waals surface area contributed by atoms with Crippen molar-refractivity contribution in [3.63, 3.8) is 0 Å². The Morgan fingerprint density at radius 3 is 2.50 bits per heavy atom. The van der Waals surface area contributed by atoms with E-state index >= 15 is 0 Å². The lowest BCUT2D eigenvalue weighted by Gasteiger charge is -2.13. The van der Waals surface area contributed by atoms with Gasteiger partial charge in [0.15, 0.2) is 0 Å². The number of hydrogen-bond donors (Lipinski definition) is 0. The van der Waals surface area contributed by atoms with Crippen LogP contribution < -0.4 is 0 Å². The average Bonchev–Trinajstić information content (AvgIpc) is 2.35. The van der Waals surface area contributed by atoms with E-state index in [0.717, 1.165) is 11.1 Å². The lowest BCUT2D eigenvalue weighted by molar-refractivity contribution is 0.616. The molecule has 0 amide bonds. The van der Waals surface area contributed by atoms with Gasteiger partial charge in [0.2, 0.25) is 0 Å². The van der Waals surface area contributed by atoms with Crippen molar-refractivity contribution in [1.82, 2.24) is 0 Å². The van der Waals surface area contributed by atoms with E-state index < -0.39 is 0 Å². The third-order valence-electron chi connectivity index (χ3n) is 2.72. The minimum Gasteiger partial charge on any atom is -0.207 e. The molecule has 0 fully saturated rings. The summed E-state index contributed by atoms with van der Waals surface area (Å²) in [5.41, 5.74) is 2.25. The van der Waals surface area contributed by atoms with Gasteiger partial charge in [-0.2, -0.15) is 0 Å². The Morgan fingerprint density at radius 1 is 1.11 bits per heavy atom. The fourth-order valence-electron chi connectivity index (χ4n) is 1.66. The van der Waals surface area contributed by atoms with Crippen LogP contribution in [-0.2, 0) is 0 Å². The molecule has 0 saturated carbocycles. The molecule has 0 spiro atoms. The summed E-state index contributed by atoms with van der Waals surface area (Å²) in [6.45, 7) is 1.73. The van der Waals surface area contributed by atoms with Gasteiger partial charge in [-0.1, -0.05) is 51.3 Å². The van der Waals surface area contributed by atoms with Crippen molar-refractivity contribution in [3.8, 4) is 0 Å². The van der Waals surface area contributed by atoms with Gasteiger partial charge in [-0.25, -0.2) is 4.39 Å². The van der Waals surface area contributed by atoms with Gasteiger partial charge >= 0.3 is 0 Å². The maximum Gasteiger partial charge on any atom is 0.126 e. The second-order valence-corrected chi connectivity index (χ2v) is 5.80. The van der Waals surface area contributed by atoms with Gasteiger partial charge in [-0.15, -0.1) is 0 Å². The Morgan fingerprint density at radius 2 is 1.83 bits per heavy atom. The Hall–Kier alpha value is -0.570. The minimum atomic E-state index is -0.227. The van der Waals surface area contributed by atoms with Crippen LogP contribution in [0, 0.1) is 12.7 Å². The van der Waals surface area contributed by atoms with Gasteiger partial charge in [0.1, 0.15) is 5.82 Å². The van der Waals surface area contributed by atoms with Crippen molar-refractivity contribution in [2.45, 2.75) is 11.8 Å². The van der Waals surface area contributed by atoms with E-state index in [2.05, 4.69) is 15.9 Å². The van der Waals surface area contributed by atoms with Crippen LogP contribution in [0.5, 0.6) is 0 Å². The molecule has 0 radical (unpaired) electrons. The molecule has 0 aliphatic carbocycles. The fraction of sp³-hybridized carbons (Fsp3) is 0.143. The van der Waals surface area contributed by atoms with E-state index in [0.29, 0.717) is 15.6 Å². The lowest BCUT2D eigenvalue weighted by Crippen LogP contribution is -1.96. The van der Waals surface area contributed by atoms with E-state index in [-0.39, 0.29) is 10.6 Å². The lowest BCUT2D eigenvalue weighted by atomic mass is 10.0. The van der Waals surface area contributed by atoms with Crippen LogP contribution in [0.2, 0.25) is 10.0 Å². The smallest absolute Gasteiger partial charge is 0.126 e. The summed E-state index contributed by atoms with van der Waals surface area (Å²) < 4.78 is 13.6. The molecule has 1 atom stereocenters. The van der Waals surface area contributed by atoms with E-state index in [4.69, 9.17) is 23.2 Å². The predicted molar refractivity (Wildman–Crippen MR) is 78.4 cm³/mol. The summed E-state index contributed by atoms with van der Waals surface area (Å²) in [6.07, 6.45) is 0. The van der Waals surface area contributed by atoms with Crippen LogP contribution >= 0.6 is 39.1 Å². The molecule has 2 aromatic carbocycles. The van der Waals surface area contributed by atoms with E-state index in [1.165, 1.54) is 6.07 Å². The Bertz CT molecular complexity index is 584. The maximum atomic E-state index is 13.6. The third-order valence-corrected chi connectivity index (χ3v) is 4.32. The van der Waals surface area contributed by atoms with Gasteiger partial charge < -0.3 is 0 Å². The first-order valence-electron chi connectivity index (χ1n) is 5.34. The van der Waals surface area contributed by atoms with Crippen molar-refractivity contribution < 1.29 is 4.39 Å². The Labute approximate surface area is 124 Å². The van der Waals surface area contributed by atoms with Crippen LogP contribution in [0.15, 0.2) is 36.4 Å². The molecule has 0 aliphatic rings. The highest BCUT2D eigenvalue weighted by Crippen LogP contribution is 2.37. The van der Waals surface area contributed by atoms with E-state index in [1.807, 2.05) is 6.07 Å².